The Labute approximate surface area is 262 Å². The molecule has 2 heteroatoms. The lowest BCUT2D eigenvalue weighted by Crippen LogP contribution is -2.06. The van der Waals surface area contributed by atoms with Crippen LogP contribution in [0.4, 0.5) is 0 Å². The van der Waals surface area contributed by atoms with E-state index >= 15 is 0 Å². The van der Waals surface area contributed by atoms with E-state index in [0.717, 1.165) is 16.5 Å². The van der Waals surface area contributed by atoms with Gasteiger partial charge in [-0.1, -0.05) is 145 Å². The van der Waals surface area contributed by atoms with Crippen LogP contribution in [0.15, 0.2) is 132 Å². The zero-order chi connectivity index (χ0) is 29.2. The largest absolute Gasteiger partial charge is 0.0837 e. The van der Waals surface area contributed by atoms with Crippen molar-refractivity contribution >= 4 is 54.8 Å². The zero-order valence-corrected chi connectivity index (χ0v) is 25.7. The molecule has 0 amide bonds. The summed E-state index contributed by atoms with van der Waals surface area (Å²) >= 11 is 14.5. The highest BCUT2D eigenvalue weighted by molar-refractivity contribution is 6.51. The molecule has 2 aliphatic carbocycles. The molecule has 0 fully saturated rings. The summed E-state index contributed by atoms with van der Waals surface area (Å²) in [5, 5.41) is 6.76. The van der Waals surface area contributed by atoms with Crippen molar-refractivity contribution in [3.8, 4) is 22.3 Å². The first-order chi connectivity index (χ1) is 21.0. The van der Waals surface area contributed by atoms with Crippen LogP contribution in [0.5, 0.6) is 0 Å². The minimum Gasteiger partial charge on any atom is -0.0837 e. The average Bonchev–Trinajstić information content (AvgIpc) is 3.44. The zero-order valence-electron chi connectivity index (χ0n) is 24.2. The molecule has 6 aromatic carbocycles. The molecule has 8 rings (SSSR count). The lowest BCUT2D eigenvalue weighted by atomic mass is 9.81. The van der Waals surface area contributed by atoms with Gasteiger partial charge in [0.1, 0.15) is 0 Å². The van der Waals surface area contributed by atoms with Gasteiger partial charge in [0.25, 0.3) is 0 Å². The Balaban J connectivity index is 1.23. The van der Waals surface area contributed by atoms with E-state index in [9.17, 15) is 0 Å². The van der Waals surface area contributed by atoms with Crippen LogP contribution in [0.25, 0.3) is 53.9 Å². The highest BCUT2D eigenvalue weighted by Crippen LogP contribution is 2.56. The molecule has 0 radical (unpaired) electrons. The number of allylic oxidation sites excluding steroid dienone is 2. The fraction of sp³-hybridized carbons (Fsp3) is 0.122. The second kappa shape index (κ2) is 10.3. The SMILES string of the molecule is CC1=C(Cl)c2c(-c3cccc4ccccc34)cccc2C1CC1C(C)=C(Cl)c2c(-c3cccc4ccccc34)cccc21. The molecular formula is C41H30Cl2. The summed E-state index contributed by atoms with van der Waals surface area (Å²) in [4.78, 5) is 0. The van der Waals surface area contributed by atoms with E-state index in [0.29, 0.717) is 0 Å². The molecule has 0 heterocycles. The van der Waals surface area contributed by atoms with Crippen LogP contribution in [0.1, 0.15) is 54.4 Å². The van der Waals surface area contributed by atoms with Gasteiger partial charge >= 0.3 is 0 Å². The molecule has 0 saturated heterocycles. The molecule has 0 aromatic heterocycles. The average molecular weight is 594 g/mol. The van der Waals surface area contributed by atoms with Gasteiger partial charge in [-0.15, -0.1) is 0 Å². The fourth-order valence-corrected chi connectivity index (χ4v) is 8.28. The molecule has 0 bridgehead atoms. The van der Waals surface area contributed by atoms with Crippen LogP contribution in [-0.4, -0.2) is 0 Å². The van der Waals surface area contributed by atoms with Gasteiger partial charge in [-0.2, -0.15) is 0 Å². The smallest absolute Gasteiger partial charge is 0.0483 e. The minimum absolute atomic E-state index is 0.217. The lowest BCUT2D eigenvalue weighted by molar-refractivity contribution is 0.642. The number of fused-ring (bicyclic) bond motifs is 4. The first-order valence-corrected chi connectivity index (χ1v) is 15.7. The third-order valence-corrected chi connectivity index (χ3v) is 10.7. The van der Waals surface area contributed by atoms with Crippen LogP contribution in [0.2, 0.25) is 0 Å². The maximum Gasteiger partial charge on any atom is 0.0483 e. The number of hydrogen-bond acceptors (Lipinski definition) is 0. The van der Waals surface area contributed by atoms with Gasteiger partial charge in [0.15, 0.2) is 0 Å². The molecule has 0 aliphatic heterocycles. The van der Waals surface area contributed by atoms with E-state index in [1.165, 1.54) is 77.2 Å². The molecule has 0 N–H and O–H groups in total. The normalized spacial score (nSPS) is 17.7. The van der Waals surface area contributed by atoms with Crippen LogP contribution < -0.4 is 0 Å². The minimum atomic E-state index is 0.217. The third kappa shape index (κ3) is 4.04. The van der Waals surface area contributed by atoms with Crippen molar-refractivity contribution in [2.45, 2.75) is 32.1 Å². The Morgan fingerprint density at radius 1 is 0.442 bits per heavy atom. The summed E-state index contributed by atoms with van der Waals surface area (Å²) in [6.45, 7) is 4.42. The number of rotatable bonds is 4. The summed E-state index contributed by atoms with van der Waals surface area (Å²) < 4.78 is 0. The summed E-state index contributed by atoms with van der Waals surface area (Å²) in [5.41, 5.74) is 12.3. The van der Waals surface area contributed by atoms with Crippen LogP contribution in [0, 0.1) is 0 Å². The van der Waals surface area contributed by atoms with Gasteiger partial charge in [-0.05, 0) is 86.3 Å². The summed E-state index contributed by atoms with van der Waals surface area (Å²) in [6, 6.07) is 43.7. The monoisotopic (exact) mass is 592 g/mol. The van der Waals surface area contributed by atoms with E-state index in [1.54, 1.807) is 0 Å². The second-order valence-corrected chi connectivity index (χ2v) is 12.7. The molecule has 43 heavy (non-hydrogen) atoms. The molecule has 0 saturated carbocycles. The van der Waals surface area contributed by atoms with Gasteiger partial charge in [0.2, 0.25) is 0 Å². The highest BCUT2D eigenvalue weighted by Gasteiger charge is 2.37. The van der Waals surface area contributed by atoms with Crippen molar-refractivity contribution < 1.29 is 0 Å². The predicted molar refractivity (Wildman–Crippen MR) is 186 cm³/mol. The first-order valence-electron chi connectivity index (χ1n) is 15.0. The maximum atomic E-state index is 7.25. The molecular weight excluding hydrogens is 563 g/mol. The first kappa shape index (κ1) is 26.5. The molecule has 0 nitrogen and oxygen atoms in total. The second-order valence-electron chi connectivity index (χ2n) is 11.9. The summed E-state index contributed by atoms with van der Waals surface area (Å²) in [5.74, 6) is 0.433. The van der Waals surface area contributed by atoms with E-state index in [4.69, 9.17) is 23.2 Å². The van der Waals surface area contributed by atoms with Gasteiger partial charge in [0, 0.05) is 33.0 Å². The Morgan fingerprint density at radius 2 is 0.814 bits per heavy atom. The van der Waals surface area contributed by atoms with Crippen molar-refractivity contribution in [1.82, 2.24) is 0 Å². The quantitative estimate of drug-likeness (QED) is 0.191. The summed E-state index contributed by atoms with van der Waals surface area (Å²) in [7, 11) is 0. The lowest BCUT2D eigenvalue weighted by Gasteiger charge is -2.22. The molecule has 2 aliphatic rings. The van der Waals surface area contributed by atoms with Gasteiger partial charge < -0.3 is 0 Å². The molecule has 6 aromatic rings. The van der Waals surface area contributed by atoms with Crippen molar-refractivity contribution in [2.75, 3.05) is 0 Å². The van der Waals surface area contributed by atoms with Crippen LogP contribution >= 0.6 is 23.2 Å². The van der Waals surface area contributed by atoms with E-state index in [-0.39, 0.29) is 11.8 Å². The van der Waals surface area contributed by atoms with Crippen molar-refractivity contribution in [3.05, 3.63) is 155 Å². The molecule has 208 valence electrons. The molecule has 2 atom stereocenters. The van der Waals surface area contributed by atoms with Crippen molar-refractivity contribution in [3.63, 3.8) is 0 Å². The number of hydrogen-bond donors (Lipinski definition) is 0. The highest BCUT2D eigenvalue weighted by atomic mass is 35.5. The van der Waals surface area contributed by atoms with E-state index in [2.05, 4.69) is 135 Å². The molecule has 0 spiro atoms. The number of benzene rings is 6. The standard InChI is InChI=1S/C41H30Cl2/c1-24-36(34-21-9-19-32(38(34)40(24)42)30-17-7-13-26-11-3-5-15-28(26)30)23-37-25(2)41(43)39-33(20-10-22-35(37)39)31-18-8-14-27-12-4-6-16-29(27)31/h3-22,36-37H,23H2,1-2H3. The van der Waals surface area contributed by atoms with Gasteiger partial charge in [-0.3, -0.25) is 0 Å². The van der Waals surface area contributed by atoms with Crippen LogP contribution in [0.3, 0.4) is 0 Å². The van der Waals surface area contributed by atoms with E-state index in [1.807, 2.05) is 0 Å². The Morgan fingerprint density at radius 3 is 1.28 bits per heavy atom. The maximum absolute atomic E-state index is 7.25. The Hall–Kier alpha value is -4.10. The van der Waals surface area contributed by atoms with Crippen molar-refractivity contribution in [2.24, 2.45) is 0 Å². The summed E-state index contributed by atoms with van der Waals surface area (Å²) in [6.07, 6.45) is 0.933. The van der Waals surface area contributed by atoms with Gasteiger partial charge in [0.05, 0.1) is 0 Å². The van der Waals surface area contributed by atoms with Crippen molar-refractivity contribution in [1.29, 1.82) is 0 Å². The predicted octanol–water partition coefficient (Wildman–Crippen LogP) is 12.6. The topological polar surface area (TPSA) is 0 Å². The molecule has 2 unspecified atom stereocenters. The van der Waals surface area contributed by atoms with E-state index < -0.39 is 0 Å². The van der Waals surface area contributed by atoms with Crippen LogP contribution in [-0.2, 0) is 0 Å². The van der Waals surface area contributed by atoms with Gasteiger partial charge in [-0.25, -0.2) is 0 Å². The fourth-order valence-electron chi connectivity index (χ4n) is 7.59. The number of halogens is 2. The Bertz CT molecular complexity index is 2000. The Kier molecular flexibility index (Phi) is 6.33. The third-order valence-electron chi connectivity index (χ3n) is 9.75.